The SMILES string of the molecule is CC(C)c1c(C(=O)N(C)CCC(=O)O)cnn1-c1ccc(Cl)cc1. The van der Waals surface area contributed by atoms with Crippen molar-refractivity contribution in [1.29, 1.82) is 0 Å². The lowest BCUT2D eigenvalue weighted by molar-refractivity contribution is -0.137. The van der Waals surface area contributed by atoms with Crippen LogP contribution in [0.25, 0.3) is 5.69 Å². The summed E-state index contributed by atoms with van der Waals surface area (Å²) in [6, 6.07) is 7.21. The van der Waals surface area contributed by atoms with Crippen molar-refractivity contribution >= 4 is 23.5 Å². The van der Waals surface area contributed by atoms with E-state index in [2.05, 4.69) is 5.10 Å². The van der Waals surface area contributed by atoms with Gasteiger partial charge in [0.2, 0.25) is 0 Å². The third kappa shape index (κ3) is 3.94. The van der Waals surface area contributed by atoms with Crippen LogP contribution in [0.2, 0.25) is 5.02 Å². The average molecular weight is 350 g/mol. The van der Waals surface area contributed by atoms with Gasteiger partial charge in [0.25, 0.3) is 5.91 Å². The first-order valence-electron chi connectivity index (χ1n) is 7.62. The summed E-state index contributed by atoms with van der Waals surface area (Å²) >= 11 is 5.92. The maximum Gasteiger partial charge on any atom is 0.305 e. The van der Waals surface area contributed by atoms with E-state index in [0.717, 1.165) is 11.4 Å². The van der Waals surface area contributed by atoms with E-state index in [1.165, 1.54) is 11.1 Å². The number of hydrogen-bond donors (Lipinski definition) is 1. The predicted molar refractivity (Wildman–Crippen MR) is 91.9 cm³/mol. The van der Waals surface area contributed by atoms with Gasteiger partial charge < -0.3 is 10.0 Å². The Morgan fingerprint density at radius 1 is 1.29 bits per heavy atom. The maximum absolute atomic E-state index is 12.6. The lowest BCUT2D eigenvalue weighted by Gasteiger charge is -2.18. The number of hydrogen-bond acceptors (Lipinski definition) is 3. The molecule has 1 aromatic carbocycles. The first kappa shape index (κ1) is 18.0. The second kappa shape index (κ2) is 7.49. The summed E-state index contributed by atoms with van der Waals surface area (Å²) in [4.78, 5) is 24.7. The van der Waals surface area contributed by atoms with Gasteiger partial charge in [0.15, 0.2) is 0 Å². The lowest BCUT2D eigenvalue weighted by Crippen LogP contribution is -2.29. The molecule has 2 rings (SSSR count). The number of aromatic nitrogens is 2. The standard InChI is InChI=1S/C17H20ClN3O3/c1-11(2)16-14(17(24)20(3)9-8-15(22)23)10-19-21(16)13-6-4-12(18)5-7-13/h4-7,10-11H,8-9H2,1-3H3,(H,22,23). The van der Waals surface area contributed by atoms with Crippen molar-refractivity contribution in [3.63, 3.8) is 0 Å². The molecule has 2 aromatic rings. The number of amides is 1. The normalized spacial score (nSPS) is 10.9. The Hall–Kier alpha value is -2.34. The van der Waals surface area contributed by atoms with Crippen molar-refractivity contribution in [2.24, 2.45) is 0 Å². The van der Waals surface area contributed by atoms with Gasteiger partial charge in [0.1, 0.15) is 0 Å². The van der Waals surface area contributed by atoms with Crippen LogP contribution in [0.4, 0.5) is 0 Å². The fourth-order valence-electron chi connectivity index (χ4n) is 2.44. The van der Waals surface area contributed by atoms with Gasteiger partial charge in [-0.05, 0) is 30.2 Å². The Kier molecular flexibility index (Phi) is 5.62. The molecule has 128 valence electrons. The van der Waals surface area contributed by atoms with Gasteiger partial charge in [-0.2, -0.15) is 5.10 Å². The highest BCUT2D eigenvalue weighted by Gasteiger charge is 2.23. The van der Waals surface area contributed by atoms with E-state index >= 15 is 0 Å². The molecule has 0 fully saturated rings. The molecule has 0 atom stereocenters. The molecule has 0 aliphatic rings. The summed E-state index contributed by atoms with van der Waals surface area (Å²) in [5.41, 5.74) is 2.08. The third-order valence-electron chi connectivity index (χ3n) is 3.66. The maximum atomic E-state index is 12.6. The Labute approximate surface area is 145 Å². The summed E-state index contributed by atoms with van der Waals surface area (Å²) in [7, 11) is 1.59. The third-order valence-corrected chi connectivity index (χ3v) is 3.91. The number of carboxylic acids is 1. The summed E-state index contributed by atoms with van der Waals surface area (Å²) in [6.45, 7) is 4.12. The minimum atomic E-state index is -0.935. The summed E-state index contributed by atoms with van der Waals surface area (Å²) in [5, 5.41) is 13.7. The number of nitrogens with zero attached hydrogens (tertiary/aromatic N) is 3. The molecule has 0 aliphatic carbocycles. The zero-order valence-corrected chi connectivity index (χ0v) is 14.6. The van der Waals surface area contributed by atoms with E-state index in [0.29, 0.717) is 10.6 Å². The molecule has 0 spiro atoms. The minimum Gasteiger partial charge on any atom is -0.481 e. The molecule has 0 radical (unpaired) electrons. The van der Waals surface area contributed by atoms with Crippen LogP contribution in [0.15, 0.2) is 30.5 Å². The predicted octanol–water partition coefficient (Wildman–Crippen LogP) is 3.20. The molecular weight excluding hydrogens is 330 g/mol. The summed E-state index contributed by atoms with van der Waals surface area (Å²) in [6.07, 6.45) is 1.44. The number of carbonyl (C=O) groups excluding carboxylic acids is 1. The molecule has 1 heterocycles. The largest absolute Gasteiger partial charge is 0.481 e. The second-order valence-electron chi connectivity index (χ2n) is 5.86. The van der Waals surface area contributed by atoms with Gasteiger partial charge in [0, 0.05) is 18.6 Å². The highest BCUT2D eigenvalue weighted by atomic mass is 35.5. The number of rotatable bonds is 6. The molecular formula is C17H20ClN3O3. The van der Waals surface area contributed by atoms with Crippen LogP contribution in [0.1, 0.15) is 42.2 Å². The molecule has 0 saturated carbocycles. The molecule has 0 saturated heterocycles. The number of carbonyl (C=O) groups is 2. The number of benzene rings is 1. The van der Waals surface area contributed by atoms with Crippen LogP contribution in [0, 0.1) is 0 Å². The van der Waals surface area contributed by atoms with Crippen LogP contribution in [0.3, 0.4) is 0 Å². The molecule has 6 nitrogen and oxygen atoms in total. The first-order valence-corrected chi connectivity index (χ1v) is 8.00. The van der Waals surface area contributed by atoms with Gasteiger partial charge in [-0.3, -0.25) is 9.59 Å². The van der Waals surface area contributed by atoms with Crippen LogP contribution in [0.5, 0.6) is 0 Å². The molecule has 24 heavy (non-hydrogen) atoms. The molecule has 1 amide bonds. The average Bonchev–Trinajstić information content (AvgIpc) is 2.97. The van der Waals surface area contributed by atoms with Crippen LogP contribution < -0.4 is 0 Å². The molecule has 0 bridgehead atoms. The molecule has 0 aliphatic heterocycles. The van der Waals surface area contributed by atoms with Crippen molar-refractivity contribution in [2.75, 3.05) is 13.6 Å². The van der Waals surface area contributed by atoms with Crippen molar-refractivity contribution < 1.29 is 14.7 Å². The molecule has 7 heteroatoms. The molecule has 0 unspecified atom stereocenters. The van der Waals surface area contributed by atoms with Gasteiger partial charge in [-0.1, -0.05) is 25.4 Å². The number of aliphatic carboxylic acids is 1. The molecule has 1 aromatic heterocycles. The highest BCUT2D eigenvalue weighted by molar-refractivity contribution is 6.30. The van der Waals surface area contributed by atoms with Crippen molar-refractivity contribution in [2.45, 2.75) is 26.2 Å². The van der Waals surface area contributed by atoms with E-state index in [1.807, 2.05) is 26.0 Å². The van der Waals surface area contributed by atoms with E-state index in [4.69, 9.17) is 16.7 Å². The summed E-state index contributed by atoms with van der Waals surface area (Å²) in [5.74, 6) is -1.11. The van der Waals surface area contributed by atoms with Gasteiger partial charge in [-0.25, -0.2) is 4.68 Å². The fourth-order valence-corrected chi connectivity index (χ4v) is 2.56. The van der Waals surface area contributed by atoms with Gasteiger partial charge in [0.05, 0.1) is 29.6 Å². The zero-order valence-electron chi connectivity index (χ0n) is 13.9. The van der Waals surface area contributed by atoms with Crippen LogP contribution >= 0.6 is 11.6 Å². The van der Waals surface area contributed by atoms with Crippen LogP contribution in [-0.2, 0) is 4.79 Å². The first-order chi connectivity index (χ1) is 11.3. The van der Waals surface area contributed by atoms with E-state index < -0.39 is 5.97 Å². The van der Waals surface area contributed by atoms with Gasteiger partial charge >= 0.3 is 5.97 Å². The topological polar surface area (TPSA) is 75.4 Å². The number of carboxylic acid groups (broad SMARTS) is 1. The summed E-state index contributed by atoms with van der Waals surface area (Å²) < 4.78 is 1.72. The lowest BCUT2D eigenvalue weighted by atomic mass is 10.0. The Bertz CT molecular complexity index is 738. The highest BCUT2D eigenvalue weighted by Crippen LogP contribution is 2.24. The zero-order chi connectivity index (χ0) is 17.9. The van der Waals surface area contributed by atoms with Crippen molar-refractivity contribution in [1.82, 2.24) is 14.7 Å². The second-order valence-corrected chi connectivity index (χ2v) is 6.29. The number of halogens is 1. The Balaban J connectivity index is 2.36. The van der Waals surface area contributed by atoms with E-state index in [-0.39, 0.29) is 24.8 Å². The fraction of sp³-hybridized carbons (Fsp3) is 0.353. The van der Waals surface area contributed by atoms with E-state index in [9.17, 15) is 9.59 Å². The quantitative estimate of drug-likeness (QED) is 0.869. The minimum absolute atomic E-state index is 0.0648. The Morgan fingerprint density at radius 3 is 2.46 bits per heavy atom. The monoisotopic (exact) mass is 349 g/mol. The molecule has 1 N–H and O–H groups in total. The van der Waals surface area contributed by atoms with Crippen molar-refractivity contribution in [3.8, 4) is 5.69 Å². The smallest absolute Gasteiger partial charge is 0.305 e. The van der Waals surface area contributed by atoms with Crippen molar-refractivity contribution in [3.05, 3.63) is 46.7 Å². The van der Waals surface area contributed by atoms with Crippen LogP contribution in [-0.4, -0.2) is 45.3 Å². The van der Waals surface area contributed by atoms with Gasteiger partial charge in [-0.15, -0.1) is 0 Å². The Morgan fingerprint density at radius 2 is 1.92 bits per heavy atom. The van der Waals surface area contributed by atoms with E-state index in [1.54, 1.807) is 23.9 Å².